The number of rotatable bonds is 8. The first-order valence-electron chi connectivity index (χ1n) is 5.66. The van der Waals surface area contributed by atoms with Gasteiger partial charge in [-0.15, -0.1) is 0 Å². The van der Waals surface area contributed by atoms with Crippen molar-refractivity contribution in [2.75, 3.05) is 23.0 Å². The molecular weight excluding hydrogens is 389 g/mol. The van der Waals surface area contributed by atoms with Gasteiger partial charge in [0.2, 0.25) is 0 Å². The Balaban J connectivity index is 0. The van der Waals surface area contributed by atoms with E-state index in [9.17, 15) is 43.2 Å². The summed E-state index contributed by atoms with van der Waals surface area (Å²) in [6.07, 6.45) is -10.3. The monoisotopic (exact) mass is 404 g/mol. The first-order chi connectivity index (χ1) is 9.12. The topological polar surface area (TPSA) is 68.3 Å². The molecule has 0 heterocycles. The Morgan fingerprint density at radius 3 is 1.09 bits per heavy atom. The Morgan fingerprint density at radius 2 is 0.864 bits per heavy atom. The molecule has 0 N–H and O–H groups in total. The third-order valence-corrected chi connectivity index (χ3v) is 5.53. The summed E-state index contributed by atoms with van der Waals surface area (Å²) in [6, 6.07) is 0. The van der Waals surface area contributed by atoms with E-state index >= 15 is 0 Å². The van der Waals surface area contributed by atoms with E-state index in [-0.39, 0.29) is 70.6 Å². The van der Waals surface area contributed by atoms with Crippen LogP contribution in [-0.2, 0) is 19.7 Å². The first kappa shape index (κ1) is 25.4. The van der Waals surface area contributed by atoms with E-state index in [1.54, 1.807) is 0 Å². The summed E-state index contributed by atoms with van der Waals surface area (Å²) in [5, 5.41) is 0. The Bertz CT molecular complexity index is 475. The number of unbranched alkanes of at least 4 members (excludes halogenated alkanes) is 2. The normalized spacial score (nSPS) is 13.7. The Labute approximate surface area is 167 Å². The molecule has 0 fully saturated rings. The van der Waals surface area contributed by atoms with Crippen LogP contribution in [0.5, 0.6) is 0 Å². The molecule has 0 saturated heterocycles. The van der Waals surface area contributed by atoms with Crippen molar-refractivity contribution in [2.24, 2.45) is 0 Å². The summed E-state index contributed by atoms with van der Waals surface area (Å²) in [7, 11) is -8.68. The number of halogens is 6. The average molecular weight is 404 g/mol. The van der Waals surface area contributed by atoms with E-state index in [1.165, 1.54) is 0 Å². The van der Waals surface area contributed by atoms with Crippen molar-refractivity contribution in [3.63, 3.8) is 0 Å². The average Bonchev–Trinajstić information content (AvgIpc) is 2.07. The summed E-state index contributed by atoms with van der Waals surface area (Å²) in [6.45, 7) is 0. The van der Waals surface area contributed by atoms with E-state index in [0.717, 1.165) is 0 Å². The predicted molar refractivity (Wildman–Crippen MR) is 70.4 cm³/mol. The van der Waals surface area contributed by atoms with Crippen LogP contribution in [0.2, 0.25) is 0 Å². The summed E-state index contributed by atoms with van der Waals surface area (Å²) in [5.74, 6) is -5.50. The molecule has 0 atom stereocenters. The van der Waals surface area contributed by atoms with Crippen molar-refractivity contribution >= 4 is 71.1 Å². The zero-order valence-electron chi connectivity index (χ0n) is 10.7. The molecule has 0 aliphatic heterocycles. The minimum absolute atomic E-state index is 0. The third-order valence-electron chi connectivity index (χ3n) is 2.18. The molecule has 0 amide bonds. The molecule has 13 heteroatoms. The van der Waals surface area contributed by atoms with Gasteiger partial charge in [0.05, 0.1) is 11.5 Å². The van der Waals surface area contributed by atoms with Crippen LogP contribution in [-0.4, -0.2) is 104 Å². The first-order valence-corrected chi connectivity index (χ1v) is 9.31. The summed E-state index contributed by atoms with van der Waals surface area (Å²) in [4.78, 5) is 0. The molecular formula is C9H15F6KO4S2. The van der Waals surface area contributed by atoms with E-state index in [4.69, 9.17) is 0 Å². The van der Waals surface area contributed by atoms with Crippen LogP contribution < -0.4 is 0 Å². The molecule has 0 aliphatic carbocycles. The van der Waals surface area contributed by atoms with Gasteiger partial charge in [-0.2, -0.15) is 26.3 Å². The van der Waals surface area contributed by atoms with Gasteiger partial charge >= 0.3 is 63.7 Å². The Hall–Kier alpha value is 1.12. The molecule has 130 valence electrons. The minimum atomic E-state index is -4.85. The Kier molecular flexibility index (Phi) is 11.0. The second-order valence-electron chi connectivity index (χ2n) is 4.48. The Morgan fingerprint density at radius 1 is 0.591 bits per heavy atom. The molecule has 0 aromatic carbocycles. The van der Waals surface area contributed by atoms with Crippen LogP contribution in [0.15, 0.2) is 0 Å². The second-order valence-corrected chi connectivity index (χ2v) is 8.84. The van der Waals surface area contributed by atoms with Gasteiger partial charge in [0, 0.05) is 0 Å². The van der Waals surface area contributed by atoms with Crippen LogP contribution in [0.3, 0.4) is 0 Å². The predicted octanol–water partition coefficient (Wildman–Crippen LogP) is 1.46. The quantitative estimate of drug-likeness (QED) is 0.349. The maximum absolute atomic E-state index is 11.9. The fraction of sp³-hybridized carbons (Fsp3) is 1.00. The fourth-order valence-corrected chi connectivity index (χ4v) is 4.04. The van der Waals surface area contributed by atoms with Gasteiger partial charge in [0.25, 0.3) is 0 Å². The molecule has 0 aromatic rings. The van der Waals surface area contributed by atoms with Gasteiger partial charge in [-0.25, -0.2) is 16.8 Å². The van der Waals surface area contributed by atoms with Gasteiger partial charge in [0.15, 0.2) is 19.7 Å². The van der Waals surface area contributed by atoms with E-state index in [2.05, 4.69) is 0 Å². The van der Waals surface area contributed by atoms with Crippen molar-refractivity contribution in [3.8, 4) is 0 Å². The number of alkyl halides is 6. The van der Waals surface area contributed by atoms with Crippen molar-refractivity contribution in [1.82, 2.24) is 0 Å². The third kappa shape index (κ3) is 16.0. The van der Waals surface area contributed by atoms with Crippen molar-refractivity contribution in [3.05, 3.63) is 0 Å². The van der Waals surface area contributed by atoms with Gasteiger partial charge in [-0.1, -0.05) is 6.42 Å². The molecule has 0 unspecified atom stereocenters. The van der Waals surface area contributed by atoms with Gasteiger partial charge < -0.3 is 0 Å². The van der Waals surface area contributed by atoms with Crippen LogP contribution >= 0.6 is 0 Å². The number of hydrogen-bond acceptors (Lipinski definition) is 4. The summed E-state index contributed by atoms with van der Waals surface area (Å²) < 4.78 is 115. The van der Waals surface area contributed by atoms with E-state index in [1.807, 2.05) is 0 Å². The molecule has 0 spiro atoms. The summed E-state index contributed by atoms with van der Waals surface area (Å²) in [5.41, 5.74) is 0. The van der Waals surface area contributed by atoms with Gasteiger partial charge in [-0.3, -0.25) is 0 Å². The van der Waals surface area contributed by atoms with Crippen LogP contribution in [0.25, 0.3) is 0 Å². The summed E-state index contributed by atoms with van der Waals surface area (Å²) >= 11 is 0. The molecule has 0 aromatic heterocycles. The van der Waals surface area contributed by atoms with Crippen LogP contribution in [0, 0.1) is 0 Å². The second kappa shape index (κ2) is 9.56. The molecule has 0 saturated carbocycles. The molecule has 0 rings (SSSR count). The standard InChI is InChI=1S/C9H14F6O4S2.K.H/c10-8(11,12)6-20(16,17)4-2-1-3-5-21(18,19)7-9(13,14)15;;/h1-7H2;;. The molecule has 0 bridgehead atoms. The van der Waals surface area contributed by atoms with E-state index < -0.39 is 55.0 Å². The van der Waals surface area contributed by atoms with Gasteiger partial charge in [0.1, 0.15) is 11.5 Å². The van der Waals surface area contributed by atoms with Crippen molar-refractivity contribution in [1.29, 1.82) is 0 Å². The fourth-order valence-electron chi connectivity index (χ4n) is 1.46. The zero-order valence-corrected chi connectivity index (χ0v) is 12.3. The maximum atomic E-state index is 11.9. The molecule has 4 nitrogen and oxygen atoms in total. The van der Waals surface area contributed by atoms with Crippen molar-refractivity contribution in [2.45, 2.75) is 31.6 Å². The zero-order chi connectivity index (χ0) is 16.9. The van der Waals surface area contributed by atoms with Crippen molar-refractivity contribution < 1.29 is 43.2 Å². The van der Waals surface area contributed by atoms with Crippen LogP contribution in [0.1, 0.15) is 19.3 Å². The number of sulfone groups is 2. The molecule has 22 heavy (non-hydrogen) atoms. The number of hydrogen-bond donors (Lipinski definition) is 0. The van der Waals surface area contributed by atoms with E-state index in [0.29, 0.717) is 0 Å². The van der Waals surface area contributed by atoms with Crippen LogP contribution in [0.4, 0.5) is 26.3 Å². The van der Waals surface area contributed by atoms with Gasteiger partial charge in [-0.05, 0) is 12.8 Å². The molecule has 0 radical (unpaired) electrons. The molecule has 0 aliphatic rings. The SMILES string of the molecule is O=S(=O)(CCCCCS(=O)(=O)CC(F)(F)F)CC(F)(F)F.[KH].